The zero-order valence-electron chi connectivity index (χ0n) is 10.7. The van der Waals surface area contributed by atoms with E-state index in [4.69, 9.17) is 4.74 Å². The number of nitrogens with zero attached hydrogens (tertiary/aromatic N) is 3. The van der Waals surface area contributed by atoms with Crippen molar-refractivity contribution < 1.29 is 9.53 Å². The summed E-state index contributed by atoms with van der Waals surface area (Å²) in [5.74, 6) is 0.0475. The van der Waals surface area contributed by atoms with Crippen molar-refractivity contribution in [3.63, 3.8) is 0 Å². The van der Waals surface area contributed by atoms with Crippen molar-refractivity contribution in [2.75, 3.05) is 13.7 Å². The van der Waals surface area contributed by atoms with E-state index < -0.39 is 0 Å². The molecule has 5 nitrogen and oxygen atoms in total. The maximum absolute atomic E-state index is 12.5. The molecule has 1 atom stereocenters. The van der Waals surface area contributed by atoms with Gasteiger partial charge in [0.2, 0.25) is 0 Å². The van der Waals surface area contributed by atoms with Gasteiger partial charge in [0.15, 0.2) is 0 Å². The van der Waals surface area contributed by atoms with Crippen LogP contribution in [0.1, 0.15) is 16.2 Å². The first-order chi connectivity index (χ1) is 9.29. The van der Waals surface area contributed by atoms with Crippen molar-refractivity contribution in [3.05, 3.63) is 40.6 Å². The Morgan fingerprint density at radius 3 is 3.21 bits per heavy atom. The zero-order valence-corrected chi connectivity index (χ0v) is 11.5. The molecule has 0 aliphatic carbocycles. The van der Waals surface area contributed by atoms with Gasteiger partial charge < -0.3 is 14.2 Å². The summed E-state index contributed by atoms with van der Waals surface area (Å²) >= 11 is 1.55. The van der Waals surface area contributed by atoms with E-state index in [0.29, 0.717) is 13.2 Å². The van der Waals surface area contributed by atoms with Crippen LogP contribution in [0.25, 0.3) is 0 Å². The molecule has 0 spiro atoms. The van der Waals surface area contributed by atoms with Crippen molar-refractivity contribution in [1.82, 2.24) is 14.5 Å². The molecule has 1 unspecified atom stereocenters. The van der Waals surface area contributed by atoms with E-state index in [2.05, 4.69) is 4.98 Å². The Balaban J connectivity index is 1.88. The van der Waals surface area contributed by atoms with Gasteiger partial charge >= 0.3 is 0 Å². The van der Waals surface area contributed by atoms with Gasteiger partial charge in [0.1, 0.15) is 5.69 Å². The van der Waals surface area contributed by atoms with E-state index in [1.165, 1.54) is 0 Å². The molecule has 0 bridgehead atoms. The topological polar surface area (TPSA) is 47.4 Å². The predicted molar refractivity (Wildman–Crippen MR) is 72.1 cm³/mol. The van der Waals surface area contributed by atoms with Crippen LogP contribution in [-0.4, -0.2) is 40.1 Å². The number of ether oxygens (including phenoxy) is 1. The molecule has 2 aromatic heterocycles. The third-order valence-electron chi connectivity index (χ3n) is 3.33. The monoisotopic (exact) mass is 277 g/mol. The summed E-state index contributed by atoms with van der Waals surface area (Å²) in [4.78, 5) is 18.6. The lowest BCUT2D eigenvalue weighted by Crippen LogP contribution is -2.49. The lowest BCUT2D eigenvalue weighted by atomic mass is 10.1. The highest BCUT2D eigenvalue weighted by molar-refractivity contribution is 7.07. The third kappa shape index (κ3) is 2.29. The second-order valence-electron chi connectivity index (χ2n) is 4.57. The highest BCUT2D eigenvalue weighted by Crippen LogP contribution is 2.21. The number of hydrogen-bond donors (Lipinski definition) is 0. The standard InChI is InChI=1S/C13H15N3O2S/c1-18-7-11-6-15-4-2-3-12(15)13(17)16(11)5-10-8-19-9-14-10/h2-4,8-9,11H,5-7H2,1H3. The molecule has 3 rings (SSSR count). The second-order valence-corrected chi connectivity index (χ2v) is 5.29. The van der Waals surface area contributed by atoms with Crippen LogP contribution in [0.15, 0.2) is 29.2 Å². The fraction of sp³-hybridized carbons (Fsp3) is 0.385. The lowest BCUT2D eigenvalue weighted by molar-refractivity contribution is 0.0385. The summed E-state index contributed by atoms with van der Waals surface area (Å²) in [7, 11) is 1.66. The van der Waals surface area contributed by atoms with Gasteiger partial charge in [0, 0.05) is 25.2 Å². The maximum Gasteiger partial charge on any atom is 0.271 e. The minimum absolute atomic E-state index is 0.0475. The fourth-order valence-corrected chi connectivity index (χ4v) is 2.98. The predicted octanol–water partition coefficient (Wildman–Crippen LogP) is 1.62. The van der Waals surface area contributed by atoms with Crippen LogP contribution in [-0.2, 0) is 17.8 Å². The average molecular weight is 277 g/mol. The summed E-state index contributed by atoms with van der Waals surface area (Å²) in [5, 5.41) is 1.98. The van der Waals surface area contributed by atoms with Crippen molar-refractivity contribution >= 4 is 17.2 Å². The van der Waals surface area contributed by atoms with Gasteiger partial charge in [-0.2, -0.15) is 0 Å². The van der Waals surface area contributed by atoms with Crippen LogP contribution in [0.3, 0.4) is 0 Å². The van der Waals surface area contributed by atoms with Crippen LogP contribution < -0.4 is 0 Å². The molecular weight excluding hydrogens is 262 g/mol. The van der Waals surface area contributed by atoms with Crippen LogP contribution in [0.2, 0.25) is 0 Å². The first-order valence-corrected chi connectivity index (χ1v) is 7.06. The Morgan fingerprint density at radius 2 is 2.47 bits per heavy atom. The number of hydrogen-bond acceptors (Lipinski definition) is 4. The van der Waals surface area contributed by atoms with E-state index in [-0.39, 0.29) is 11.9 Å². The first kappa shape index (κ1) is 12.4. The largest absolute Gasteiger partial charge is 0.382 e. The molecule has 1 aliphatic rings. The number of fused-ring (bicyclic) bond motifs is 1. The minimum atomic E-state index is 0.0475. The molecule has 0 radical (unpaired) electrons. The number of amides is 1. The zero-order chi connectivity index (χ0) is 13.2. The molecular formula is C13H15N3O2S. The van der Waals surface area contributed by atoms with Crippen LogP contribution in [0.5, 0.6) is 0 Å². The number of aromatic nitrogens is 2. The maximum atomic E-state index is 12.5. The fourth-order valence-electron chi connectivity index (χ4n) is 2.43. The second kappa shape index (κ2) is 5.14. The lowest BCUT2D eigenvalue weighted by Gasteiger charge is -2.35. The third-order valence-corrected chi connectivity index (χ3v) is 3.97. The van der Waals surface area contributed by atoms with Crippen LogP contribution in [0, 0.1) is 0 Å². The van der Waals surface area contributed by atoms with Gasteiger partial charge in [-0.1, -0.05) is 0 Å². The molecule has 2 aromatic rings. The Bertz CT molecular complexity index is 564. The molecule has 1 aliphatic heterocycles. The van der Waals surface area contributed by atoms with Crippen molar-refractivity contribution in [2.45, 2.75) is 19.1 Å². The number of carbonyl (C=O) groups is 1. The van der Waals surface area contributed by atoms with Crippen molar-refractivity contribution in [3.8, 4) is 0 Å². The number of carbonyl (C=O) groups excluding carboxylic acids is 1. The highest BCUT2D eigenvalue weighted by Gasteiger charge is 2.32. The molecule has 0 N–H and O–H groups in total. The van der Waals surface area contributed by atoms with Gasteiger partial charge in [-0.3, -0.25) is 4.79 Å². The smallest absolute Gasteiger partial charge is 0.271 e. The van der Waals surface area contributed by atoms with E-state index in [1.807, 2.05) is 33.2 Å². The Labute approximate surface area is 115 Å². The molecule has 6 heteroatoms. The molecule has 100 valence electrons. The van der Waals surface area contributed by atoms with E-state index in [0.717, 1.165) is 17.9 Å². The van der Waals surface area contributed by atoms with Gasteiger partial charge in [-0.25, -0.2) is 4.98 Å². The molecule has 1 amide bonds. The van der Waals surface area contributed by atoms with Crippen molar-refractivity contribution in [2.24, 2.45) is 0 Å². The first-order valence-electron chi connectivity index (χ1n) is 6.11. The molecule has 3 heterocycles. The Hall–Kier alpha value is -1.66. The van der Waals surface area contributed by atoms with Crippen LogP contribution in [0.4, 0.5) is 0 Å². The number of thiazole rings is 1. The highest BCUT2D eigenvalue weighted by atomic mass is 32.1. The molecule has 0 aromatic carbocycles. The quantitative estimate of drug-likeness (QED) is 0.853. The minimum Gasteiger partial charge on any atom is -0.382 e. The van der Waals surface area contributed by atoms with Crippen LogP contribution >= 0.6 is 11.3 Å². The van der Waals surface area contributed by atoms with E-state index in [1.54, 1.807) is 24.0 Å². The number of methoxy groups -OCH3 is 1. The summed E-state index contributed by atoms with van der Waals surface area (Å²) in [5.41, 5.74) is 3.46. The summed E-state index contributed by atoms with van der Waals surface area (Å²) in [6.45, 7) is 1.85. The molecule has 0 saturated carbocycles. The summed E-state index contributed by atoms with van der Waals surface area (Å²) in [6, 6.07) is 3.82. The van der Waals surface area contributed by atoms with E-state index >= 15 is 0 Å². The van der Waals surface area contributed by atoms with Gasteiger partial charge in [-0.05, 0) is 12.1 Å². The normalized spacial score (nSPS) is 18.7. The van der Waals surface area contributed by atoms with Crippen molar-refractivity contribution in [1.29, 1.82) is 0 Å². The SMILES string of the molecule is COCC1Cn2cccc2C(=O)N1Cc1cscn1. The molecule has 19 heavy (non-hydrogen) atoms. The Morgan fingerprint density at radius 1 is 1.58 bits per heavy atom. The molecule has 0 fully saturated rings. The van der Waals surface area contributed by atoms with E-state index in [9.17, 15) is 4.79 Å². The summed E-state index contributed by atoms with van der Waals surface area (Å²) < 4.78 is 7.24. The number of rotatable bonds is 4. The summed E-state index contributed by atoms with van der Waals surface area (Å²) in [6.07, 6.45) is 1.94. The molecule has 0 saturated heterocycles. The average Bonchev–Trinajstić information content (AvgIpc) is 3.05. The Kier molecular flexibility index (Phi) is 3.35. The van der Waals surface area contributed by atoms with Gasteiger partial charge in [0.25, 0.3) is 5.91 Å². The van der Waals surface area contributed by atoms with Gasteiger partial charge in [0.05, 0.1) is 30.4 Å². The van der Waals surface area contributed by atoms with Gasteiger partial charge in [-0.15, -0.1) is 11.3 Å².